The highest BCUT2D eigenvalue weighted by molar-refractivity contribution is 5.92. The third-order valence-corrected chi connectivity index (χ3v) is 3.60. The highest BCUT2D eigenvalue weighted by Gasteiger charge is 2.16. The maximum atomic E-state index is 11.1. The average molecular weight is 276 g/mol. The molecule has 0 saturated carbocycles. The minimum Gasteiger partial charge on any atom is -0.366 e. The first-order valence-corrected chi connectivity index (χ1v) is 7.54. The predicted molar refractivity (Wildman–Crippen MR) is 84.6 cm³/mol. The fourth-order valence-corrected chi connectivity index (χ4v) is 2.32. The predicted octanol–water partition coefficient (Wildman–Crippen LogP) is 3.48. The van der Waals surface area contributed by atoms with E-state index in [-0.39, 0.29) is 5.91 Å². The van der Waals surface area contributed by atoms with Crippen LogP contribution in [0.15, 0.2) is 24.3 Å². The van der Waals surface area contributed by atoms with Gasteiger partial charge in [0.2, 0.25) is 5.91 Å². The molecule has 0 aromatic heterocycles. The number of nitrogens with two attached hydrogens (primary N) is 1. The monoisotopic (exact) mass is 276 g/mol. The maximum Gasteiger partial charge on any atom is 0.248 e. The zero-order chi connectivity index (χ0) is 15.0. The van der Waals surface area contributed by atoms with E-state index in [1.165, 1.54) is 25.7 Å². The van der Waals surface area contributed by atoms with Crippen LogP contribution < -0.4 is 11.1 Å². The zero-order valence-electron chi connectivity index (χ0n) is 13.0. The summed E-state index contributed by atoms with van der Waals surface area (Å²) in [4.78, 5) is 11.1. The van der Waals surface area contributed by atoms with E-state index in [0.29, 0.717) is 11.0 Å². The van der Waals surface area contributed by atoms with Gasteiger partial charge in [0.05, 0.1) is 0 Å². The van der Waals surface area contributed by atoms with Crippen LogP contribution in [0.1, 0.15) is 62.4 Å². The van der Waals surface area contributed by atoms with E-state index in [1.807, 2.05) is 18.2 Å². The number of carbonyl (C=O) groups is 1. The highest BCUT2D eigenvalue weighted by Crippen LogP contribution is 2.22. The number of benzene rings is 1. The molecule has 3 heteroatoms. The van der Waals surface area contributed by atoms with Crippen molar-refractivity contribution < 1.29 is 4.79 Å². The third kappa shape index (κ3) is 6.20. The normalized spacial score (nSPS) is 11.6. The molecular weight excluding hydrogens is 248 g/mol. The van der Waals surface area contributed by atoms with E-state index in [0.717, 1.165) is 18.7 Å². The SMILES string of the molecule is CCCCCC(C)(C)CNCc1cccc(C(N)=O)c1. The van der Waals surface area contributed by atoms with Gasteiger partial charge < -0.3 is 11.1 Å². The maximum absolute atomic E-state index is 11.1. The zero-order valence-corrected chi connectivity index (χ0v) is 13.0. The van der Waals surface area contributed by atoms with Crippen LogP contribution in [0.5, 0.6) is 0 Å². The highest BCUT2D eigenvalue weighted by atomic mass is 16.1. The van der Waals surface area contributed by atoms with Crippen LogP contribution in [0.25, 0.3) is 0 Å². The van der Waals surface area contributed by atoms with E-state index >= 15 is 0 Å². The molecule has 1 amide bonds. The Morgan fingerprint density at radius 3 is 2.70 bits per heavy atom. The molecule has 0 aliphatic rings. The largest absolute Gasteiger partial charge is 0.366 e. The molecule has 0 aliphatic carbocycles. The molecule has 0 aliphatic heterocycles. The molecular formula is C17H28N2O. The summed E-state index contributed by atoms with van der Waals surface area (Å²) in [6.07, 6.45) is 5.12. The topological polar surface area (TPSA) is 55.1 Å². The van der Waals surface area contributed by atoms with Crippen molar-refractivity contribution in [3.05, 3.63) is 35.4 Å². The molecule has 3 N–H and O–H groups in total. The Kier molecular flexibility index (Phi) is 6.73. The standard InChI is InChI=1S/C17H28N2O/c1-4-5-6-10-17(2,3)13-19-12-14-8-7-9-15(11-14)16(18)20/h7-9,11,19H,4-6,10,12-13H2,1-3H3,(H2,18,20). The number of carbonyl (C=O) groups excluding carboxylic acids is 1. The van der Waals surface area contributed by atoms with Crippen LogP contribution in [0.3, 0.4) is 0 Å². The molecule has 1 rings (SSSR count). The van der Waals surface area contributed by atoms with E-state index in [1.54, 1.807) is 6.07 Å². The third-order valence-electron chi connectivity index (χ3n) is 3.60. The Bertz CT molecular complexity index is 427. The lowest BCUT2D eigenvalue weighted by Gasteiger charge is -2.25. The molecule has 0 heterocycles. The first-order valence-electron chi connectivity index (χ1n) is 7.54. The van der Waals surface area contributed by atoms with Crippen molar-refractivity contribution in [2.45, 2.75) is 53.0 Å². The van der Waals surface area contributed by atoms with Gasteiger partial charge in [0.25, 0.3) is 0 Å². The molecule has 0 spiro atoms. The molecule has 0 saturated heterocycles. The lowest BCUT2D eigenvalue weighted by Crippen LogP contribution is -2.29. The van der Waals surface area contributed by atoms with Crippen molar-refractivity contribution in [2.24, 2.45) is 11.1 Å². The second-order valence-corrected chi connectivity index (χ2v) is 6.29. The van der Waals surface area contributed by atoms with Gasteiger partial charge in [-0.15, -0.1) is 0 Å². The van der Waals surface area contributed by atoms with Gasteiger partial charge in [-0.3, -0.25) is 4.79 Å². The number of hydrogen-bond donors (Lipinski definition) is 2. The fraction of sp³-hybridized carbons (Fsp3) is 0.588. The summed E-state index contributed by atoms with van der Waals surface area (Å²) in [5.41, 5.74) is 7.28. The minimum atomic E-state index is -0.369. The molecule has 112 valence electrons. The van der Waals surface area contributed by atoms with Crippen molar-refractivity contribution in [3.8, 4) is 0 Å². The Morgan fingerprint density at radius 1 is 1.30 bits per heavy atom. The lowest BCUT2D eigenvalue weighted by atomic mass is 9.87. The van der Waals surface area contributed by atoms with Crippen LogP contribution in [-0.2, 0) is 6.54 Å². The lowest BCUT2D eigenvalue weighted by molar-refractivity contribution is 0.1000. The van der Waals surface area contributed by atoms with Crippen LogP contribution in [-0.4, -0.2) is 12.5 Å². The van der Waals surface area contributed by atoms with Gasteiger partial charge in [-0.2, -0.15) is 0 Å². The van der Waals surface area contributed by atoms with Crippen molar-refractivity contribution in [2.75, 3.05) is 6.54 Å². The molecule has 1 aromatic rings. The van der Waals surface area contributed by atoms with Gasteiger partial charge in [-0.05, 0) is 29.5 Å². The quantitative estimate of drug-likeness (QED) is 0.678. The Hall–Kier alpha value is -1.35. The van der Waals surface area contributed by atoms with Gasteiger partial charge in [0.15, 0.2) is 0 Å². The number of nitrogens with one attached hydrogen (secondary N) is 1. The van der Waals surface area contributed by atoms with Crippen molar-refractivity contribution in [1.29, 1.82) is 0 Å². The summed E-state index contributed by atoms with van der Waals surface area (Å²) in [5.74, 6) is -0.369. The number of rotatable bonds is 9. The van der Waals surface area contributed by atoms with Crippen molar-refractivity contribution in [3.63, 3.8) is 0 Å². The first kappa shape index (κ1) is 16.7. The fourth-order valence-electron chi connectivity index (χ4n) is 2.32. The smallest absolute Gasteiger partial charge is 0.248 e. The number of amides is 1. The summed E-state index contributed by atoms with van der Waals surface area (Å²) >= 11 is 0. The van der Waals surface area contributed by atoms with E-state index in [2.05, 4.69) is 26.1 Å². The number of unbranched alkanes of at least 4 members (excludes halogenated alkanes) is 2. The molecule has 1 aromatic carbocycles. The molecule has 0 atom stereocenters. The summed E-state index contributed by atoms with van der Waals surface area (Å²) in [6, 6.07) is 7.51. The molecule has 0 bridgehead atoms. The van der Waals surface area contributed by atoms with Crippen LogP contribution in [0.4, 0.5) is 0 Å². The second kappa shape index (κ2) is 8.05. The second-order valence-electron chi connectivity index (χ2n) is 6.29. The van der Waals surface area contributed by atoms with Crippen molar-refractivity contribution in [1.82, 2.24) is 5.32 Å². The first-order chi connectivity index (χ1) is 9.44. The van der Waals surface area contributed by atoms with Crippen LogP contribution in [0.2, 0.25) is 0 Å². The van der Waals surface area contributed by atoms with Crippen LogP contribution in [0, 0.1) is 5.41 Å². The average Bonchev–Trinajstić information content (AvgIpc) is 2.39. The molecule has 20 heavy (non-hydrogen) atoms. The summed E-state index contributed by atoms with van der Waals surface area (Å²) in [6.45, 7) is 8.60. The Labute approximate surface area is 122 Å². The molecule has 0 unspecified atom stereocenters. The van der Waals surface area contributed by atoms with Gasteiger partial charge in [-0.1, -0.05) is 52.2 Å². The molecule has 3 nitrogen and oxygen atoms in total. The molecule has 0 fully saturated rings. The number of hydrogen-bond acceptors (Lipinski definition) is 2. The van der Waals surface area contributed by atoms with Gasteiger partial charge in [0.1, 0.15) is 0 Å². The Morgan fingerprint density at radius 2 is 2.05 bits per heavy atom. The minimum absolute atomic E-state index is 0.316. The van der Waals surface area contributed by atoms with Crippen LogP contribution >= 0.6 is 0 Å². The molecule has 0 radical (unpaired) electrons. The van der Waals surface area contributed by atoms with E-state index < -0.39 is 0 Å². The van der Waals surface area contributed by atoms with Gasteiger partial charge in [-0.25, -0.2) is 0 Å². The summed E-state index contributed by atoms with van der Waals surface area (Å²) < 4.78 is 0. The number of primary amides is 1. The van der Waals surface area contributed by atoms with E-state index in [9.17, 15) is 4.79 Å². The Balaban J connectivity index is 2.39. The van der Waals surface area contributed by atoms with Crippen molar-refractivity contribution >= 4 is 5.91 Å². The van der Waals surface area contributed by atoms with Gasteiger partial charge in [0, 0.05) is 18.7 Å². The summed E-state index contributed by atoms with van der Waals surface area (Å²) in [7, 11) is 0. The van der Waals surface area contributed by atoms with E-state index in [4.69, 9.17) is 5.73 Å². The van der Waals surface area contributed by atoms with Gasteiger partial charge >= 0.3 is 0 Å². The summed E-state index contributed by atoms with van der Waals surface area (Å²) in [5, 5.41) is 3.48.